The molecule has 0 aliphatic carbocycles. The van der Waals surface area contributed by atoms with E-state index >= 15 is 0 Å². The minimum atomic E-state index is -1.73. The number of non-ortho nitro benzene ring substituents is 1. The van der Waals surface area contributed by atoms with Gasteiger partial charge in [-0.1, -0.05) is 0 Å². The van der Waals surface area contributed by atoms with Crippen molar-refractivity contribution < 1.29 is 54.3 Å². The summed E-state index contributed by atoms with van der Waals surface area (Å²) in [4.78, 5) is 33.9. The first-order valence-corrected chi connectivity index (χ1v) is 3.74. The summed E-state index contributed by atoms with van der Waals surface area (Å²) in [6.45, 7) is 0. The van der Waals surface area contributed by atoms with E-state index in [4.69, 9.17) is 0 Å². The zero-order valence-corrected chi connectivity index (χ0v) is 10.5. The molecule has 10 heteroatoms. The zero-order valence-electron chi connectivity index (χ0n) is 8.48. The summed E-state index contributed by atoms with van der Waals surface area (Å²) in [6.07, 6.45) is 0. The molecule has 0 amide bonds. The van der Waals surface area contributed by atoms with Crippen LogP contribution in [0.3, 0.4) is 0 Å². The number of benzene rings is 1. The van der Waals surface area contributed by atoms with E-state index in [9.17, 15) is 30.1 Å². The molecule has 0 atom stereocenters. The summed E-state index contributed by atoms with van der Waals surface area (Å²) >= 11 is 0. The van der Waals surface area contributed by atoms with E-state index in [1.165, 1.54) is 0 Å². The molecule has 0 spiro atoms. The fourth-order valence-electron chi connectivity index (χ4n) is 0.949. The van der Waals surface area contributed by atoms with E-state index in [2.05, 4.69) is 4.84 Å². The predicted molar refractivity (Wildman–Crippen MR) is 45.0 cm³/mol. The van der Waals surface area contributed by atoms with Gasteiger partial charge in [-0.25, -0.2) is 0 Å². The van der Waals surface area contributed by atoms with Gasteiger partial charge in [0.15, 0.2) is 0 Å². The molecule has 0 aliphatic rings. The average molecular weight is 250 g/mol. The molecule has 0 heterocycles. The second kappa shape index (κ2) is 6.13. The van der Waals surface area contributed by atoms with Gasteiger partial charge < -0.3 is 9.90 Å². The normalized spacial score (nSPS) is 8.94. The van der Waals surface area contributed by atoms with Crippen LogP contribution in [0, 0.1) is 20.2 Å². The zero-order chi connectivity index (χ0) is 12.3. The molecular formula is C7H3N2NaO7. The largest absolute Gasteiger partial charge is 1.00 e. The minimum absolute atomic E-state index is 0. The molecule has 0 N–H and O–H groups in total. The van der Waals surface area contributed by atoms with E-state index in [0.717, 1.165) is 12.1 Å². The number of aromatic carboxylic acids is 1. The van der Waals surface area contributed by atoms with Crippen molar-refractivity contribution in [2.45, 2.75) is 0 Å². The van der Waals surface area contributed by atoms with Crippen LogP contribution in [-0.4, -0.2) is 16.0 Å². The van der Waals surface area contributed by atoms with Gasteiger partial charge in [0.25, 0.3) is 10.8 Å². The minimum Gasteiger partial charge on any atom is -0.545 e. The Hall–Kier alpha value is -1.71. The summed E-state index contributed by atoms with van der Waals surface area (Å²) in [5.41, 5.74) is -1.16. The van der Waals surface area contributed by atoms with Gasteiger partial charge in [-0.15, -0.1) is 10.1 Å². The number of hydrogen-bond acceptors (Lipinski definition) is 7. The SMILES string of the molecule is O=C([O-])c1ccc([N+](=O)[O-])cc1O[N+](=O)[O-].[Na+]. The third-order valence-electron chi connectivity index (χ3n) is 1.57. The number of carboxylic acids is 1. The van der Waals surface area contributed by atoms with Gasteiger partial charge in [0.1, 0.15) is 5.75 Å². The molecule has 1 aromatic rings. The maximum atomic E-state index is 10.5. The molecule has 0 saturated carbocycles. The van der Waals surface area contributed by atoms with Crippen molar-refractivity contribution in [3.8, 4) is 5.75 Å². The third kappa shape index (κ3) is 3.98. The van der Waals surface area contributed by atoms with Crippen molar-refractivity contribution in [3.05, 3.63) is 44.0 Å². The smallest absolute Gasteiger partial charge is 0.545 e. The molecule has 17 heavy (non-hydrogen) atoms. The Bertz CT molecular complexity index is 475. The summed E-state index contributed by atoms with van der Waals surface area (Å²) in [5.74, 6) is -2.48. The molecule has 84 valence electrons. The number of carboxylic acid groups (broad SMARTS) is 1. The van der Waals surface area contributed by atoms with Crippen LogP contribution >= 0.6 is 0 Å². The van der Waals surface area contributed by atoms with Crippen LogP contribution in [-0.2, 0) is 0 Å². The van der Waals surface area contributed by atoms with Gasteiger partial charge in [0, 0.05) is 17.7 Å². The number of carbonyl (C=O) groups is 1. The van der Waals surface area contributed by atoms with E-state index in [1.54, 1.807) is 0 Å². The monoisotopic (exact) mass is 250 g/mol. The first-order chi connectivity index (χ1) is 7.41. The van der Waals surface area contributed by atoms with Gasteiger partial charge in [0.2, 0.25) is 0 Å². The molecule has 0 aliphatic heterocycles. The first kappa shape index (κ1) is 15.3. The Morgan fingerprint density at radius 2 is 1.82 bits per heavy atom. The van der Waals surface area contributed by atoms with Crippen molar-refractivity contribution in [1.82, 2.24) is 0 Å². The van der Waals surface area contributed by atoms with Crippen molar-refractivity contribution in [2.24, 2.45) is 0 Å². The van der Waals surface area contributed by atoms with Gasteiger partial charge in [0.05, 0.1) is 10.9 Å². The second-order valence-electron chi connectivity index (χ2n) is 2.54. The van der Waals surface area contributed by atoms with Crippen LogP contribution in [0.15, 0.2) is 18.2 Å². The Morgan fingerprint density at radius 3 is 2.24 bits per heavy atom. The Kier molecular flexibility index (Phi) is 5.51. The number of nitrogens with zero attached hydrogens (tertiary/aromatic N) is 2. The molecule has 0 unspecified atom stereocenters. The number of nitro benzene ring substituents is 1. The van der Waals surface area contributed by atoms with Gasteiger partial charge in [-0.3, -0.25) is 15.0 Å². The summed E-state index contributed by atoms with van der Waals surface area (Å²) in [6, 6.07) is 2.30. The third-order valence-corrected chi connectivity index (χ3v) is 1.57. The maximum Gasteiger partial charge on any atom is 1.00 e. The molecular weight excluding hydrogens is 247 g/mol. The van der Waals surface area contributed by atoms with Crippen LogP contribution in [0.5, 0.6) is 5.75 Å². The number of nitro groups is 1. The van der Waals surface area contributed by atoms with Crippen LogP contribution < -0.4 is 39.5 Å². The molecule has 1 rings (SSSR count). The van der Waals surface area contributed by atoms with E-state index < -0.39 is 33.0 Å². The fraction of sp³-hybridized carbons (Fsp3) is 0. The first-order valence-electron chi connectivity index (χ1n) is 3.74. The van der Waals surface area contributed by atoms with Gasteiger partial charge >= 0.3 is 29.6 Å². The Morgan fingerprint density at radius 1 is 1.24 bits per heavy atom. The Balaban J connectivity index is 0.00000256. The summed E-state index contributed by atoms with van der Waals surface area (Å²) < 4.78 is 0. The van der Waals surface area contributed by atoms with Crippen LogP contribution in [0.1, 0.15) is 10.4 Å². The molecule has 0 fully saturated rings. The molecule has 0 radical (unpaired) electrons. The molecule has 1 aromatic carbocycles. The Labute approximate surface area is 116 Å². The fourth-order valence-corrected chi connectivity index (χ4v) is 0.949. The van der Waals surface area contributed by atoms with Gasteiger partial charge in [-0.05, 0) is 6.07 Å². The molecule has 9 nitrogen and oxygen atoms in total. The standard InChI is InChI=1S/C7H4N2O7.Na/c10-7(11)5-2-1-4(8(12)13)3-6(5)16-9(14)15;/h1-3H,(H,10,11);/q;+1/p-1. The van der Waals surface area contributed by atoms with Crippen LogP contribution in [0.25, 0.3) is 0 Å². The number of carbonyl (C=O) groups excluding carboxylic acids is 1. The quantitative estimate of drug-likeness (QED) is 0.307. The van der Waals surface area contributed by atoms with Crippen LogP contribution in [0.2, 0.25) is 0 Å². The van der Waals surface area contributed by atoms with Crippen molar-refractivity contribution in [1.29, 1.82) is 0 Å². The van der Waals surface area contributed by atoms with E-state index in [-0.39, 0.29) is 29.6 Å². The van der Waals surface area contributed by atoms with Crippen molar-refractivity contribution in [2.75, 3.05) is 0 Å². The molecule has 0 saturated heterocycles. The summed E-state index contributed by atoms with van der Waals surface area (Å²) in [5, 5.41) is 29.6. The molecule has 0 bridgehead atoms. The van der Waals surface area contributed by atoms with Crippen molar-refractivity contribution in [3.63, 3.8) is 0 Å². The number of rotatable bonds is 4. The second-order valence-corrected chi connectivity index (χ2v) is 2.54. The van der Waals surface area contributed by atoms with E-state index in [1.807, 2.05) is 0 Å². The van der Waals surface area contributed by atoms with E-state index in [0.29, 0.717) is 6.07 Å². The van der Waals surface area contributed by atoms with Gasteiger partial charge in [-0.2, -0.15) is 0 Å². The molecule has 0 aromatic heterocycles. The summed E-state index contributed by atoms with van der Waals surface area (Å²) in [7, 11) is 0. The number of hydrogen-bond donors (Lipinski definition) is 0. The predicted octanol–water partition coefficient (Wildman–Crippen LogP) is -3.47. The van der Waals surface area contributed by atoms with Crippen molar-refractivity contribution >= 4 is 11.7 Å². The maximum absolute atomic E-state index is 10.5. The average Bonchev–Trinajstić information content (AvgIpc) is 2.15. The van der Waals surface area contributed by atoms with Crippen LogP contribution in [0.4, 0.5) is 5.69 Å². The topological polar surface area (TPSA) is 136 Å².